The summed E-state index contributed by atoms with van der Waals surface area (Å²) in [6.07, 6.45) is 0. The highest BCUT2D eigenvalue weighted by atomic mass is 32.2. The van der Waals surface area contributed by atoms with Crippen molar-refractivity contribution in [3.63, 3.8) is 0 Å². The molecular formula is C40H43N3O3S2. The number of nitrogens with two attached hydrogens (primary N) is 1. The maximum Gasteiger partial charge on any atom is 0.229 e. The molecule has 6 nitrogen and oxygen atoms in total. The third kappa shape index (κ3) is 12.1. The molecule has 2 heterocycles. The average molecular weight is 678 g/mol. The van der Waals surface area contributed by atoms with Crippen molar-refractivity contribution in [3.05, 3.63) is 168 Å². The molecule has 2 saturated heterocycles. The number of hydrogen-bond donors (Lipinski definition) is 4. The van der Waals surface area contributed by atoms with Crippen LogP contribution in [0.3, 0.4) is 0 Å². The molecule has 7 rings (SSSR count). The number of thioether (sulfide) groups is 1. The lowest BCUT2D eigenvalue weighted by Crippen LogP contribution is -2.46. The van der Waals surface area contributed by atoms with Crippen LogP contribution in [0.5, 0.6) is 0 Å². The molecule has 2 aliphatic heterocycles. The number of primary amides is 1. The molecule has 0 bridgehead atoms. The topological polar surface area (TPSA) is 101 Å². The summed E-state index contributed by atoms with van der Waals surface area (Å²) < 4.78 is 0. The molecule has 0 aliphatic carbocycles. The Hall–Kier alpha value is -4.79. The third-order valence-corrected chi connectivity index (χ3v) is 8.86. The fraction of sp³-hybridized carbons (Fsp3) is 0.175. The van der Waals surface area contributed by atoms with Gasteiger partial charge in [-0.25, -0.2) is 0 Å². The fourth-order valence-electron chi connectivity index (χ4n) is 4.64. The summed E-state index contributed by atoms with van der Waals surface area (Å²) in [5, 5.41) is 5.44. The number of β-lactam (4-membered cyclic amide) rings is 2. The van der Waals surface area contributed by atoms with Crippen molar-refractivity contribution in [2.24, 2.45) is 5.73 Å². The van der Waals surface area contributed by atoms with Gasteiger partial charge in [0.2, 0.25) is 17.7 Å². The van der Waals surface area contributed by atoms with Crippen molar-refractivity contribution in [1.82, 2.24) is 10.6 Å². The van der Waals surface area contributed by atoms with Crippen LogP contribution in [0.2, 0.25) is 0 Å². The van der Waals surface area contributed by atoms with E-state index < -0.39 is 0 Å². The molecule has 0 radical (unpaired) electrons. The van der Waals surface area contributed by atoms with Gasteiger partial charge in [-0.3, -0.25) is 14.4 Å². The Morgan fingerprint density at radius 1 is 0.646 bits per heavy atom. The average Bonchev–Trinajstić information content (AvgIpc) is 3.10. The van der Waals surface area contributed by atoms with Crippen LogP contribution in [0.4, 0.5) is 0 Å². The number of hydrogen-bond acceptors (Lipinski definition) is 5. The summed E-state index contributed by atoms with van der Waals surface area (Å²) in [5.41, 5.74) is 8.70. The van der Waals surface area contributed by atoms with Gasteiger partial charge in [0, 0.05) is 28.6 Å². The Labute approximate surface area is 294 Å². The van der Waals surface area contributed by atoms with Gasteiger partial charge in [-0.15, -0.1) is 24.4 Å². The first-order chi connectivity index (χ1) is 22.9. The van der Waals surface area contributed by atoms with Crippen molar-refractivity contribution < 1.29 is 14.4 Å². The zero-order chi connectivity index (χ0) is 33.3. The van der Waals surface area contributed by atoms with Crippen molar-refractivity contribution in [2.75, 3.05) is 18.8 Å². The molecular weight excluding hydrogens is 635 g/mol. The van der Waals surface area contributed by atoms with E-state index in [1.807, 2.05) is 152 Å². The summed E-state index contributed by atoms with van der Waals surface area (Å²) in [6, 6.07) is 49.2. The lowest BCUT2D eigenvalue weighted by atomic mass is 9.93. The number of benzene rings is 5. The summed E-state index contributed by atoms with van der Waals surface area (Å²) in [7, 11) is 0. The second-order valence-electron chi connectivity index (χ2n) is 10.7. The molecule has 0 spiro atoms. The molecule has 3 atom stereocenters. The monoisotopic (exact) mass is 677 g/mol. The van der Waals surface area contributed by atoms with Crippen LogP contribution in [-0.2, 0) is 14.4 Å². The summed E-state index contributed by atoms with van der Waals surface area (Å²) in [5.74, 6) is 0.671. The Kier molecular flexibility index (Phi) is 16.0. The quantitative estimate of drug-likeness (QED) is 0.0817. The molecule has 3 amide bonds. The first kappa shape index (κ1) is 37.7. The minimum absolute atomic E-state index is 0. The second-order valence-corrected chi connectivity index (χ2v) is 12.4. The molecule has 2 aliphatic rings. The smallest absolute Gasteiger partial charge is 0.229 e. The minimum Gasteiger partial charge on any atom is -0.369 e. The molecule has 2 fully saturated rings. The Morgan fingerprint density at radius 2 is 1.02 bits per heavy atom. The second kappa shape index (κ2) is 20.4. The highest BCUT2D eigenvalue weighted by molar-refractivity contribution is 7.99. The van der Waals surface area contributed by atoms with E-state index in [2.05, 4.69) is 23.3 Å². The van der Waals surface area contributed by atoms with Gasteiger partial charge in [-0.2, -0.15) is 0 Å². The summed E-state index contributed by atoms with van der Waals surface area (Å²) in [6.45, 7) is 1.59. The first-order valence-corrected chi connectivity index (χ1v) is 16.8. The molecule has 0 aromatic heterocycles. The predicted octanol–water partition coefficient (Wildman–Crippen LogP) is 7.46. The number of carbonyl (C=O) groups is 3. The zero-order valence-electron chi connectivity index (χ0n) is 25.9. The predicted molar refractivity (Wildman–Crippen MR) is 200 cm³/mol. The van der Waals surface area contributed by atoms with Crippen LogP contribution in [0, 0.1) is 0 Å². The molecule has 8 heteroatoms. The number of thiol groups is 1. The maximum absolute atomic E-state index is 11.5. The van der Waals surface area contributed by atoms with Crippen LogP contribution in [0.15, 0.2) is 161 Å². The van der Waals surface area contributed by atoms with Gasteiger partial charge in [0.05, 0.1) is 17.8 Å². The van der Waals surface area contributed by atoms with E-state index >= 15 is 0 Å². The zero-order valence-corrected chi connectivity index (χ0v) is 27.7. The number of amides is 3. The van der Waals surface area contributed by atoms with Crippen molar-refractivity contribution in [3.8, 4) is 0 Å². The Morgan fingerprint density at radius 3 is 1.33 bits per heavy atom. The summed E-state index contributed by atoms with van der Waals surface area (Å²) in [4.78, 5) is 35.5. The van der Waals surface area contributed by atoms with E-state index in [0.29, 0.717) is 5.75 Å². The molecule has 48 heavy (non-hydrogen) atoms. The van der Waals surface area contributed by atoms with Crippen molar-refractivity contribution >= 4 is 42.1 Å². The van der Waals surface area contributed by atoms with Crippen LogP contribution in [0.25, 0.3) is 0 Å². The van der Waals surface area contributed by atoms with E-state index in [0.717, 1.165) is 39.6 Å². The van der Waals surface area contributed by atoms with E-state index in [-0.39, 0.29) is 42.9 Å². The lowest BCUT2D eigenvalue weighted by Gasteiger charge is -2.25. The van der Waals surface area contributed by atoms with Crippen LogP contribution in [0.1, 0.15) is 41.9 Å². The van der Waals surface area contributed by atoms with E-state index in [9.17, 15) is 14.4 Å². The van der Waals surface area contributed by atoms with E-state index in [4.69, 9.17) is 5.73 Å². The lowest BCUT2D eigenvalue weighted by molar-refractivity contribution is -0.128. The number of nitrogens with one attached hydrogen (secondary N) is 2. The van der Waals surface area contributed by atoms with Crippen LogP contribution in [-0.4, -0.2) is 36.6 Å². The van der Waals surface area contributed by atoms with Crippen LogP contribution < -0.4 is 16.4 Å². The van der Waals surface area contributed by atoms with Gasteiger partial charge in [0.15, 0.2) is 0 Å². The van der Waals surface area contributed by atoms with E-state index in [1.165, 1.54) is 0 Å². The molecule has 3 unspecified atom stereocenters. The molecule has 5 aromatic rings. The first-order valence-electron chi connectivity index (χ1n) is 15.3. The number of carbonyl (C=O) groups excluding carboxylic acids is 3. The van der Waals surface area contributed by atoms with Crippen molar-refractivity contribution in [1.29, 1.82) is 0 Å². The van der Waals surface area contributed by atoms with Gasteiger partial charge in [-0.05, 0) is 41.0 Å². The highest BCUT2D eigenvalue weighted by Gasteiger charge is 2.29. The molecule has 248 valence electrons. The standard InChI is InChI=1S/C15H15NOS.2C9H9NO.C6H6S.CH4/c16-15(17)14(12-7-3-1-4-8-12)11-18-13-9-5-2-6-10-13;2*11-9-8(6-10-9)7-4-2-1-3-5-7;7-6-4-2-1-3-5-6;/h1-10,14H,11H2,(H2,16,17);2*1-5,8H,6H2,(H,10,11);1-5,7H;1H4. The van der Waals surface area contributed by atoms with Gasteiger partial charge in [0.1, 0.15) is 0 Å². The molecule has 5 aromatic carbocycles. The Bertz CT molecular complexity index is 1600. The third-order valence-electron chi connectivity index (χ3n) is 7.46. The summed E-state index contributed by atoms with van der Waals surface area (Å²) >= 11 is 5.74. The van der Waals surface area contributed by atoms with Gasteiger partial charge in [0.25, 0.3) is 0 Å². The Balaban J connectivity index is 0.000000182. The number of rotatable bonds is 7. The van der Waals surface area contributed by atoms with Crippen molar-refractivity contribution in [2.45, 2.75) is 35.0 Å². The van der Waals surface area contributed by atoms with Gasteiger partial charge >= 0.3 is 0 Å². The molecule has 4 N–H and O–H groups in total. The largest absolute Gasteiger partial charge is 0.369 e. The molecule has 0 saturated carbocycles. The fourth-order valence-corrected chi connectivity index (χ4v) is 5.87. The van der Waals surface area contributed by atoms with E-state index in [1.54, 1.807) is 11.8 Å². The normalized spacial score (nSPS) is 15.9. The minimum atomic E-state index is -0.273. The maximum atomic E-state index is 11.5. The van der Waals surface area contributed by atoms with Gasteiger partial charge in [-0.1, -0.05) is 135 Å². The van der Waals surface area contributed by atoms with Gasteiger partial charge < -0.3 is 16.4 Å². The highest BCUT2D eigenvalue weighted by Crippen LogP contribution is 2.26. The SMILES string of the molecule is C.NC(=O)C(CSc1ccccc1)c1ccccc1.O=C1NCC1c1ccccc1.O=C1NCC1c1ccccc1.Sc1ccccc1. The van der Waals surface area contributed by atoms with Crippen LogP contribution >= 0.6 is 24.4 Å².